The molecule has 0 aromatic carbocycles. The summed E-state index contributed by atoms with van der Waals surface area (Å²) in [5.74, 6) is -0.112. The monoisotopic (exact) mass is 267 g/mol. The number of carbonyl (C=O) groups excluding carboxylic acids is 2. The summed E-state index contributed by atoms with van der Waals surface area (Å²) in [5, 5.41) is 5.83. The molecule has 0 saturated carbocycles. The van der Waals surface area contributed by atoms with Crippen molar-refractivity contribution in [3.8, 4) is 0 Å². The summed E-state index contributed by atoms with van der Waals surface area (Å²) in [7, 11) is 1.78. The van der Waals surface area contributed by atoms with E-state index in [0.717, 1.165) is 17.8 Å². The molecule has 1 aromatic rings. The van der Waals surface area contributed by atoms with E-state index in [1.807, 2.05) is 5.38 Å². The highest BCUT2D eigenvalue weighted by Gasteiger charge is 2.28. The molecular weight excluding hydrogens is 250 g/mol. The van der Waals surface area contributed by atoms with Crippen molar-refractivity contribution in [3.05, 3.63) is 16.6 Å². The van der Waals surface area contributed by atoms with Crippen LogP contribution >= 0.6 is 11.3 Å². The van der Waals surface area contributed by atoms with Crippen LogP contribution in [0, 0.1) is 5.92 Å². The van der Waals surface area contributed by atoms with Gasteiger partial charge in [0.25, 0.3) is 0 Å². The number of likely N-dealkylation sites (tertiary alicyclic amines) is 1. The van der Waals surface area contributed by atoms with Crippen molar-refractivity contribution < 1.29 is 9.59 Å². The largest absolute Gasteiger partial charge is 0.355 e. The van der Waals surface area contributed by atoms with Gasteiger partial charge >= 0.3 is 0 Å². The van der Waals surface area contributed by atoms with E-state index in [1.54, 1.807) is 29.5 Å². The average molecular weight is 267 g/mol. The molecule has 6 heteroatoms. The fourth-order valence-electron chi connectivity index (χ4n) is 1.98. The lowest BCUT2D eigenvalue weighted by molar-refractivity contribution is -0.139. The third kappa shape index (κ3) is 3.29. The first kappa shape index (κ1) is 13.0. The second-order valence-electron chi connectivity index (χ2n) is 4.47. The maximum atomic E-state index is 11.9. The van der Waals surface area contributed by atoms with E-state index in [4.69, 9.17) is 0 Å². The van der Waals surface area contributed by atoms with E-state index < -0.39 is 0 Å². The lowest BCUT2D eigenvalue weighted by Crippen LogP contribution is -2.42. The zero-order valence-corrected chi connectivity index (χ0v) is 11.2. The van der Waals surface area contributed by atoms with E-state index in [0.29, 0.717) is 19.5 Å². The minimum atomic E-state index is -0.162. The summed E-state index contributed by atoms with van der Waals surface area (Å²) in [6, 6.07) is 0. The normalized spacial score (nSPS) is 19.9. The Labute approximate surface area is 110 Å². The van der Waals surface area contributed by atoms with E-state index >= 15 is 0 Å². The Hall–Kier alpha value is -1.43. The molecule has 0 aliphatic carbocycles. The summed E-state index contributed by atoms with van der Waals surface area (Å²) in [5.41, 5.74) is 0. The molecule has 18 heavy (non-hydrogen) atoms. The summed E-state index contributed by atoms with van der Waals surface area (Å²) < 4.78 is 0. The van der Waals surface area contributed by atoms with Crippen molar-refractivity contribution in [2.75, 3.05) is 20.1 Å². The van der Waals surface area contributed by atoms with E-state index in [2.05, 4.69) is 10.3 Å². The quantitative estimate of drug-likeness (QED) is 0.872. The number of thiazole rings is 1. The number of nitrogens with zero attached hydrogens (tertiary/aromatic N) is 2. The smallest absolute Gasteiger partial charge is 0.223 e. The second kappa shape index (κ2) is 5.95. The van der Waals surface area contributed by atoms with Gasteiger partial charge in [-0.15, -0.1) is 11.3 Å². The third-order valence-electron chi connectivity index (χ3n) is 3.15. The molecule has 1 aliphatic rings. The summed E-state index contributed by atoms with van der Waals surface area (Å²) in [4.78, 5) is 29.2. The highest BCUT2D eigenvalue weighted by molar-refractivity contribution is 7.09. The SMILES string of the molecule is CN1CCC(C(=O)NCCc2nccs2)CC1=O. The van der Waals surface area contributed by atoms with Gasteiger partial charge < -0.3 is 10.2 Å². The highest BCUT2D eigenvalue weighted by atomic mass is 32.1. The molecule has 1 aromatic heterocycles. The van der Waals surface area contributed by atoms with Crippen LogP contribution < -0.4 is 5.32 Å². The van der Waals surface area contributed by atoms with Crippen LogP contribution in [0.3, 0.4) is 0 Å². The predicted octanol–water partition coefficient (Wildman–Crippen LogP) is 0.670. The van der Waals surface area contributed by atoms with Crippen molar-refractivity contribution in [2.45, 2.75) is 19.3 Å². The van der Waals surface area contributed by atoms with Gasteiger partial charge in [0.05, 0.1) is 5.01 Å². The van der Waals surface area contributed by atoms with E-state index in [1.165, 1.54) is 0 Å². The standard InChI is InChI=1S/C12H17N3O2S/c1-15-6-3-9(8-11(15)16)12(17)14-4-2-10-13-5-7-18-10/h5,7,9H,2-4,6,8H2,1H3,(H,14,17). The molecule has 98 valence electrons. The number of piperidine rings is 1. The first-order chi connectivity index (χ1) is 8.66. The Bertz CT molecular complexity index is 419. The van der Waals surface area contributed by atoms with Gasteiger partial charge in [-0.25, -0.2) is 4.98 Å². The molecule has 2 rings (SSSR count). The molecule has 1 aliphatic heterocycles. The van der Waals surface area contributed by atoms with Gasteiger partial charge in [-0.3, -0.25) is 9.59 Å². The van der Waals surface area contributed by atoms with Crippen LogP contribution in [0.25, 0.3) is 0 Å². The summed E-state index contributed by atoms with van der Waals surface area (Å²) >= 11 is 1.59. The van der Waals surface area contributed by atoms with Gasteiger partial charge in [-0.1, -0.05) is 0 Å². The van der Waals surface area contributed by atoms with Crippen molar-refractivity contribution in [1.82, 2.24) is 15.2 Å². The number of carbonyl (C=O) groups is 2. The Balaban J connectivity index is 1.73. The van der Waals surface area contributed by atoms with Crippen LogP contribution in [0.2, 0.25) is 0 Å². The average Bonchev–Trinajstić information content (AvgIpc) is 2.85. The fraction of sp³-hybridized carbons (Fsp3) is 0.583. The van der Waals surface area contributed by atoms with E-state index in [-0.39, 0.29) is 17.7 Å². The van der Waals surface area contributed by atoms with Gasteiger partial charge in [-0.2, -0.15) is 0 Å². The van der Waals surface area contributed by atoms with Gasteiger partial charge in [0.15, 0.2) is 0 Å². The molecule has 1 fully saturated rings. The van der Waals surface area contributed by atoms with Crippen LogP contribution in [0.4, 0.5) is 0 Å². The predicted molar refractivity (Wildman–Crippen MR) is 69.2 cm³/mol. The maximum absolute atomic E-state index is 11.9. The second-order valence-corrected chi connectivity index (χ2v) is 5.45. The van der Waals surface area contributed by atoms with Gasteiger partial charge in [0, 0.05) is 50.5 Å². The molecule has 2 heterocycles. The lowest BCUT2D eigenvalue weighted by atomic mass is 9.95. The van der Waals surface area contributed by atoms with Crippen molar-refractivity contribution in [1.29, 1.82) is 0 Å². The zero-order valence-electron chi connectivity index (χ0n) is 10.4. The van der Waals surface area contributed by atoms with Gasteiger partial charge in [0.2, 0.25) is 11.8 Å². The topological polar surface area (TPSA) is 62.3 Å². The van der Waals surface area contributed by atoms with Gasteiger partial charge in [0.1, 0.15) is 0 Å². The Morgan fingerprint density at radius 1 is 1.67 bits per heavy atom. The lowest BCUT2D eigenvalue weighted by Gasteiger charge is -2.27. The highest BCUT2D eigenvalue weighted by Crippen LogP contribution is 2.17. The zero-order chi connectivity index (χ0) is 13.0. The first-order valence-electron chi connectivity index (χ1n) is 6.07. The summed E-state index contributed by atoms with van der Waals surface area (Å²) in [6.45, 7) is 1.26. The Morgan fingerprint density at radius 3 is 3.17 bits per heavy atom. The minimum absolute atomic E-state index is 0.00648. The molecule has 1 N–H and O–H groups in total. The molecule has 1 unspecified atom stereocenters. The van der Waals surface area contributed by atoms with E-state index in [9.17, 15) is 9.59 Å². The molecule has 0 radical (unpaired) electrons. The Kier molecular flexibility index (Phi) is 4.30. The molecule has 5 nitrogen and oxygen atoms in total. The minimum Gasteiger partial charge on any atom is -0.355 e. The van der Waals surface area contributed by atoms with Crippen molar-refractivity contribution in [3.63, 3.8) is 0 Å². The Morgan fingerprint density at radius 2 is 2.50 bits per heavy atom. The molecule has 0 bridgehead atoms. The number of amides is 2. The molecule has 2 amide bonds. The third-order valence-corrected chi connectivity index (χ3v) is 3.99. The molecular formula is C12H17N3O2S. The number of aromatic nitrogens is 1. The number of hydrogen-bond donors (Lipinski definition) is 1. The number of hydrogen-bond acceptors (Lipinski definition) is 4. The fourth-order valence-corrected chi connectivity index (χ4v) is 2.60. The van der Waals surface area contributed by atoms with Crippen molar-refractivity contribution in [2.24, 2.45) is 5.92 Å². The maximum Gasteiger partial charge on any atom is 0.223 e. The van der Waals surface area contributed by atoms with Gasteiger partial charge in [-0.05, 0) is 6.42 Å². The van der Waals surface area contributed by atoms with Crippen LogP contribution in [-0.2, 0) is 16.0 Å². The summed E-state index contributed by atoms with van der Waals surface area (Å²) in [6.07, 6.45) is 3.60. The van der Waals surface area contributed by atoms with Crippen LogP contribution in [-0.4, -0.2) is 41.8 Å². The molecule has 1 saturated heterocycles. The van der Waals surface area contributed by atoms with Crippen LogP contribution in [0.15, 0.2) is 11.6 Å². The first-order valence-corrected chi connectivity index (χ1v) is 6.95. The van der Waals surface area contributed by atoms with Crippen LogP contribution in [0.1, 0.15) is 17.8 Å². The number of rotatable bonds is 4. The van der Waals surface area contributed by atoms with Crippen LogP contribution in [0.5, 0.6) is 0 Å². The van der Waals surface area contributed by atoms with Crippen molar-refractivity contribution >= 4 is 23.2 Å². The molecule has 1 atom stereocenters. The molecule has 0 spiro atoms. The number of nitrogens with one attached hydrogen (secondary N) is 1.